The van der Waals surface area contributed by atoms with E-state index in [0.29, 0.717) is 0 Å². The number of rotatable bonds is 20. The third kappa shape index (κ3) is 13.1. The molecule has 156 valence electrons. The summed E-state index contributed by atoms with van der Waals surface area (Å²) in [6, 6.07) is 0.881. The second-order valence-corrected chi connectivity index (χ2v) is 10.3. The molecule has 0 aliphatic rings. The van der Waals surface area contributed by atoms with Crippen molar-refractivity contribution in [2.75, 3.05) is 14.2 Å². The normalized spacial score (nSPS) is 13.1. The van der Waals surface area contributed by atoms with Crippen LogP contribution in [0.4, 0.5) is 0 Å². The van der Waals surface area contributed by atoms with Gasteiger partial charge in [0.25, 0.3) is 0 Å². The smallest absolute Gasteiger partial charge is 0.377 e. The van der Waals surface area contributed by atoms with Crippen LogP contribution in [-0.4, -0.2) is 29.1 Å². The molecular formula is C22H46O3Si. The first-order chi connectivity index (χ1) is 12.7. The molecule has 0 spiro atoms. The van der Waals surface area contributed by atoms with E-state index in [1.807, 2.05) is 6.08 Å². The molecule has 0 saturated carbocycles. The molecular weight excluding hydrogens is 340 g/mol. The number of unbranched alkanes of at least 4 members (excludes halogenated alkanes) is 10. The first kappa shape index (κ1) is 25.8. The van der Waals surface area contributed by atoms with Gasteiger partial charge in [0.2, 0.25) is 0 Å². The number of hydrogen-bond donors (Lipinski definition) is 0. The summed E-state index contributed by atoms with van der Waals surface area (Å²) in [7, 11) is 0.950. The highest BCUT2D eigenvalue weighted by Crippen LogP contribution is 2.23. The largest absolute Gasteiger partial charge is 0.500 e. The molecule has 3 nitrogen and oxygen atoms in total. The van der Waals surface area contributed by atoms with Gasteiger partial charge >= 0.3 is 8.80 Å². The maximum atomic E-state index is 6.33. The average Bonchev–Trinajstić information content (AvgIpc) is 2.65. The molecule has 1 unspecified atom stereocenters. The zero-order valence-electron chi connectivity index (χ0n) is 18.2. The van der Waals surface area contributed by atoms with Crippen molar-refractivity contribution in [2.24, 2.45) is 0 Å². The molecule has 0 heterocycles. The zero-order chi connectivity index (χ0) is 19.5. The van der Waals surface area contributed by atoms with Gasteiger partial charge in [0.1, 0.15) is 0 Å². The van der Waals surface area contributed by atoms with Gasteiger partial charge in [-0.25, -0.2) is 0 Å². The molecule has 0 radical (unpaired) electrons. The van der Waals surface area contributed by atoms with E-state index >= 15 is 0 Å². The van der Waals surface area contributed by atoms with E-state index in [4.69, 9.17) is 13.3 Å². The minimum Gasteiger partial charge on any atom is -0.377 e. The monoisotopic (exact) mass is 386 g/mol. The van der Waals surface area contributed by atoms with Crippen molar-refractivity contribution in [1.82, 2.24) is 0 Å². The van der Waals surface area contributed by atoms with Crippen molar-refractivity contribution < 1.29 is 13.3 Å². The Labute approximate surface area is 165 Å². The Kier molecular flexibility index (Phi) is 18.1. The van der Waals surface area contributed by atoms with E-state index in [2.05, 4.69) is 20.4 Å². The standard InChI is InChI=1S/C22H46O3Si/c1-6-9-10-11-12-13-14-15-16-17-18-20-22(19-7-2)25-26(23-4,24-5)21-8-3/h7,22H,2,6,8-21H2,1,3-5H3. The molecule has 1 atom stereocenters. The van der Waals surface area contributed by atoms with Crippen molar-refractivity contribution >= 4 is 8.80 Å². The molecule has 0 fully saturated rings. The van der Waals surface area contributed by atoms with Crippen LogP contribution in [0.15, 0.2) is 12.7 Å². The highest BCUT2D eigenvalue weighted by atomic mass is 28.4. The Morgan fingerprint density at radius 1 is 0.769 bits per heavy atom. The summed E-state index contributed by atoms with van der Waals surface area (Å²) in [5.41, 5.74) is 0. The molecule has 0 amide bonds. The summed E-state index contributed by atoms with van der Waals surface area (Å²) in [6.45, 7) is 8.31. The third-order valence-electron chi connectivity index (χ3n) is 5.08. The molecule has 0 aromatic rings. The predicted octanol–water partition coefficient (Wildman–Crippen LogP) is 7.29. The van der Waals surface area contributed by atoms with Crippen LogP contribution in [0.25, 0.3) is 0 Å². The van der Waals surface area contributed by atoms with Gasteiger partial charge in [0.05, 0.1) is 6.10 Å². The SMILES string of the molecule is C=CCC(CCCCCCCCCCCCC)O[Si](CCC)(OC)OC. The van der Waals surface area contributed by atoms with Crippen LogP contribution in [0.3, 0.4) is 0 Å². The van der Waals surface area contributed by atoms with Crippen LogP contribution in [0.2, 0.25) is 6.04 Å². The fourth-order valence-electron chi connectivity index (χ4n) is 3.45. The van der Waals surface area contributed by atoms with Gasteiger partial charge in [0.15, 0.2) is 0 Å². The lowest BCUT2D eigenvalue weighted by Gasteiger charge is -2.30. The summed E-state index contributed by atoms with van der Waals surface area (Å²) in [5.74, 6) is 0. The van der Waals surface area contributed by atoms with Crippen LogP contribution >= 0.6 is 0 Å². The second kappa shape index (κ2) is 18.2. The van der Waals surface area contributed by atoms with Crippen molar-refractivity contribution in [2.45, 2.75) is 116 Å². The van der Waals surface area contributed by atoms with Crippen LogP contribution in [0.1, 0.15) is 104 Å². The minimum atomic E-state index is -2.49. The molecule has 0 rings (SSSR count). The van der Waals surface area contributed by atoms with Crippen molar-refractivity contribution in [3.05, 3.63) is 12.7 Å². The zero-order valence-corrected chi connectivity index (χ0v) is 19.2. The van der Waals surface area contributed by atoms with E-state index in [-0.39, 0.29) is 6.10 Å². The van der Waals surface area contributed by atoms with Gasteiger partial charge in [-0.15, -0.1) is 6.58 Å². The summed E-state index contributed by atoms with van der Waals surface area (Å²) >= 11 is 0. The van der Waals surface area contributed by atoms with E-state index in [1.54, 1.807) is 14.2 Å². The Hall–Kier alpha value is -0.163. The van der Waals surface area contributed by atoms with Crippen molar-refractivity contribution in [1.29, 1.82) is 0 Å². The molecule has 26 heavy (non-hydrogen) atoms. The molecule has 0 aliphatic carbocycles. The van der Waals surface area contributed by atoms with Crippen LogP contribution < -0.4 is 0 Å². The Bertz CT molecular complexity index is 306. The lowest BCUT2D eigenvalue weighted by atomic mass is 10.0. The van der Waals surface area contributed by atoms with Crippen LogP contribution in [0, 0.1) is 0 Å². The van der Waals surface area contributed by atoms with Gasteiger partial charge in [-0.2, -0.15) is 0 Å². The lowest BCUT2D eigenvalue weighted by Crippen LogP contribution is -2.46. The molecule has 0 aromatic carbocycles. The first-order valence-corrected chi connectivity index (χ1v) is 13.0. The fourth-order valence-corrected chi connectivity index (χ4v) is 5.67. The Balaban J connectivity index is 3.88. The Morgan fingerprint density at radius 3 is 1.69 bits per heavy atom. The predicted molar refractivity (Wildman–Crippen MR) is 116 cm³/mol. The van der Waals surface area contributed by atoms with E-state index in [1.165, 1.54) is 70.6 Å². The van der Waals surface area contributed by atoms with Crippen LogP contribution in [-0.2, 0) is 13.3 Å². The lowest BCUT2D eigenvalue weighted by molar-refractivity contribution is 0.0510. The molecule has 4 heteroatoms. The molecule has 0 aromatic heterocycles. The van der Waals surface area contributed by atoms with E-state index in [9.17, 15) is 0 Å². The summed E-state index contributed by atoms with van der Waals surface area (Å²) < 4.78 is 17.7. The van der Waals surface area contributed by atoms with Crippen molar-refractivity contribution in [3.8, 4) is 0 Å². The van der Waals surface area contributed by atoms with Gasteiger partial charge < -0.3 is 13.3 Å². The number of hydrogen-bond acceptors (Lipinski definition) is 3. The van der Waals surface area contributed by atoms with Gasteiger partial charge in [-0.05, 0) is 12.8 Å². The molecule has 0 saturated heterocycles. The maximum Gasteiger partial charge on any atom is 0.500 e. The topological polar surface area (TPSA) is 27.7 Å². The average molecular weight is 387 g/mol. The summed E-state index contributed by atoms with van der Waals surface area (Å²) in [5, 5.41) is 0. The fraction of sp³-hybridized carbons (Fsp3) is 0.909. The van der Waals surface area contributed by atoms with Crippen molar-refractivity contribution in [3.63, 3.8) is 0 Å². The van der Waals surface area contributed by atoms with Crippen LogP contribution in [0.5, 0.6) is 0 Å². The summed E-state index contributed by atoms with van der Waals surface area (Å²) in [6.07, 6.45) is 20.2. The van der Waals surface area contributed by atoms with Gasteiger partial charge in [-0.3, -0.25) is 0 Å². The van der Waals surface area contributed by atoms with E-state index < -0.39 is 8.80 Å². The minimum absolute atomic E-state index is 0.184. The van der Waals surface area contributed by atoms with E-state index in [0.717, 1.165) is 25.3 Å². The summed E-state index contributed by atoms with van der Waals surface area (Å²) in [4.78, 5) is 0. The van der Waals surface area contributed by atoms with Gasteiger partial charge in [-0.1, -0.05) is 97.0 Å². The molecule has 0 aliphatic heterocycles. The van der Waals surface area contributed by atoms with Gasteiger partial charge in [0, 0.05) is 20.3 Å². The first-order valence-electron chi connectivity index (χ1n) is 11.1. The molecule has 0 bridgehead atoms. The Morgan fingerprint density at radius 2 is 1.27 bits per heavy atom. The third-order valence-corrected chi connectivity index (χ3v) is 8.13. The highest BCUT2D eigenvalue weighted by Gasteiger charge is 2.40. The quantitative estimate of drug-likeness (QED) is 0.125. The molecule has 0 N–H and O–H groups in total. The highest BCUT2D eigenvalue weighted by molar-refractivity contribution is 6.60. The second-order valence-electron chi connectivity index (χ2n) is 7.43. The maximum absolute atomic E-state index is 6.33.